The number of hydrogen-bond acceptors (Lipinski definition) is 1. The van der Waals surface area contributed by atoms with E-state index < -0.39 is 0 Å². The van der Waals surface area contributed by atoms with Crippen LogP contribution in [0.1, 0.15) is 69.9 Å². The van der Waals surface area contributed by atoms with E-state index in [0.29, 0.717) is 0 Å². The van der Waals surface area contributed by atoms with Crippen molar-refractivity contribution in [1.29, 1.82) is 0 Å². The van der Waals surface area contributed by atoms with Crippen LogP contribution in [0.4, 0.5) is 0 Å². The molecule has 18 heavy (non-hydrogen) atoms. The molecular weight excluding hydrogens is 218 g/mol. The molecule has 0 aromatic heterocycles. The summed E-state index contributed by atoms with van der Waals surface area (Å²) in [5.41, 5.74) is 3.14. The third-order valence-corrected chi connectivity index (χ3v) is 3.88. The lowest BCUT2D eigenvalue weighted by atomic mass is 9.84. The zero-order valence-corrected chi connectivity index (χ0v) is 12.1. The van der Waals surface area contributed by atoms with Crippen LogP contribution in [-0.2, 0) is 6.54 Å². The van der Waals surface area contributed by atoms with Crippen molar-refractivity contribution in [2.45, 2.75) is 70.9 Å². The lowest BCUT2D eigenvalue weighted by molar-refractivity contribution is 0.424. The molecule has 0 radical (unpaired) electrons. The van der Waals surface area contributed by atoms with Crippen molar-refractivity contribution in [3.05, 3.63) is 35.4 Å². The van der Waals surface area contributed by atoms with Gasteiger partial charge in [0.15, 0.2) is 0 Å². The Balaban J connectivity index is 1.92. The van der Waals surface area contributed by atoms with Crippen LogP contribution in [0.15, 0.2) is 24.3 Å². The van der Waals surface area contributed by atoms with Gasteiger partial charge in [-0.05, 0) is 50.7 Å². The Hall–Kier alpha value is -0.820. The van der Waals surface area contributed by atoms with Gasteiger partial charge in [-0.25, -0.2) is 0 Å². The number of rotatable bonds is 3. The SMILES string of the molecule is CC(C)(C)NCc1ccc(C2CCCCC2)cc1. The van der Waals surface area contributed by atoms with Crippen molar-refractivity contribution in [2.75, 3.05) is 0 Å². The highest BCUT2D eigenvalue weighted by molar-refractivity contribution is 5.25. The maximum absolute atomic E-state index is 3.54. The molecule has 1 fully saturated rings. The van der Waals surface area contributed by atoms with Gasteiger partial charge in [-0.3, -0.25) is 0 Å². The van der Waals surface area contributed by atoms with Gasteiger partial charge >= 0.3 is 0 Å². The highest BCUT2D eigenvalue weighted by atomic mass is 14.9. The molecule has 1 aromatic carbocycles. The minimum atomic E-state index is 0.196. The second kappa shape index (κ2) is 5.88. The molecular formula is C17H27N. The van der Waals surface area contributed by atoms with E-state index in [2.05, 4.69) is 50.4 Å². The second-order valence-corrected chi connectivity index (χ2v) is 6.68. The lowest BCUT2D eigenvalue weighted by Gasteiger charge is -2.23. The zero-order chi connectivity index (χ0) is 13.0. The van der Waals surface area contributed by atoms with E-state index in [1.54, 1.807) is 5.56 Å². The molecule has 0 amide bonds. The normalized spacial score (nSPS) is 17.9. The van der Waals surface area contributed by atoms with E-state index in [1.807, 2.05) is 0 Å². The van der Waals surface area contributed by atoms with E-state index in [9.17, 15) is 0 Å². The van der Waals surface area contributed by atoms with Gasteiger partial charge in [0.1, 0.15) is 0 Å². The largest absolute Gasteiger partial charge is 0.308 e. The van der Waals surface area contributed by atoms with Crippen molar-refractivity contribution in [3.8, 4) is 0 Å². The van der Waals surface area contributed by atoms with E-state index in [1.165, 1.54) is 37.7 Å². The number of nitrogens with one attached hydrogen (secondary N) is 1. The van der Waals surface area contributed by atoms with Crippen LogP contribution in [0.25, 0.3) is 0 Å². The van der Waals surface area contributed by atoms with Crippen molar-refractivity contribution in [2.24, 2.45) is 0 Å². The molecule has 0 spiro atoms. The third-order valence-electron chi connectivity index (χ3n) is 3.88. The van der Waals surface area contributed by atoms with Crippen LogP contribution < -0.4 is 5.32 Å². The minimum absolute atomic E-state index is 0.196. The Kier molecular flexibility index (Phi) is 4.45. The highest BCUT2D eigenvalue weighted by Crippen LogP contribution is 2.32. The van der Waals surface area contributed by atoms with E-state index in [0.717, 1.165) is 12.5 Å². The third kappa shape index (κ3) is 4.13. The summed E-state index contributed by atoms with van der Waals surface area (Å²) in [5, 5.41) is 3.54. The summed E-state index contributed by atoms with van der Waals surface area (Å²) in [5.74, 6) is 0.823. The monoisotopic (exact) mass is 245 g/mol. The molecule has 0 unspecified atom stereocenters. The van der Waals surface area contributed by atoms with Crippen LogP contribution >= 0.6 is 0 Å². The Morgan fingerprint density at radius 1 is 1.00 bits per heavy atom. The van der Waals surface area contributed by atoms with Gasteiger partial charge in [0, 0.05) is 12.1 Å². The Morgan fingerprint density at radius 3 is 2.17 bits per heavy atom. The summed E-state index contributed by atoms with van der Waals surface area (Å²) in [4.78, 5) is 0. The standard InChI is InChI=1S/C17H27N/c1-17(2,3)18-13-14-9-11-16(12-10-14)15-7-5-4-6-8-15/h9-12,15,18H,4-8,13H2,1-3H3. The van der Waals surface area contributed by atoms with E-state index >= 15 is 0 Å². The summed E-state index contributed by atoms with van der Waals surface area (Å²) < 4.78 is 0. The van der Waals surface area contributed by atoms with E-state index in [-0.39, 0.29) is 5.54 Å². The number of benzene rings is 1. The van der Waals surface area contributed by atoms with Crippen LogP contribution in [0.2, 0.25) is 0 Å². The van der Waals surface area contributed by atoms with Gasteiger partial charge in [-0.15, -0.1) is 0 Å². The van der Waals surface area contributed by atoms with Crippen LogP contribution in [0.3, 0.4) is 0 Å². The smallest absolute Gasteiger partial charge is 0.0210 e. The molecule has 1 saturated carbocycles. The Bertz CT molecular complexity index is 352. The van der Waals surface area contributed by atoms with Gasteiger partial charge in [0.05, 0.1) is 0 Å². The molecule has 1 aliphatic rings. The summed E-state index contributed by atoms with van der Waals surface area (Å²) in [6, 6.07) is 9.27. The highest BCUT2D eigenvalue weighted by Gasteiger charge is 2.15. The molecule has 1 N–H and O–H groups in total. The molecule has 0 heterocycles. The topological polar surface area (TPSA) is 12.0 Å². The molecule has 0 atom stereocenters. The number of hydrogen-bond donors (Lipinski definition) is 1. The van der Waals surface area contributed by atoms with Crippen molar-refractivity contribution >= 4 is 0 Å². The quantitative estimate of drug-likeness (QED) is 0.819. The Labute approximate surface area is 112 Å². The first-order valence-corrected chi connectivity index (χ1v) is 7.38. The molecule has 0 aliphatic heterocycles. The van der Waals surface area contributed by atoms with Gasteiger partial charge in [0.2, 0.25) is 0 Å². The van der Waals surface area contributed by atoms with Crippen LogP contribution in [0.5, 0.6) is 0 Å². The van der Waals surface area contributed by atoms with Gasteiger partial charge in [-0.2, -0.15) is 0 Å². The van der Waals surface area contributed by atoms with Gasteiger partial charge in [-0.1, -0.05) is 43.5 Å². The molecule has 1 aromatic rings. The average molecular weight is 245 g/mol. The van der Waals surface area contributed by atoms with Crippen molar-refractivity contribution in [1.82, 2.24) is 5.32 Å². The average Bonchev–Trinajstić information content (AvgIpc) is 2.37. The molecule has 1 aliphatic carbocycles. The summed E-state index contributed by atoms with van der Waals surface area (Å²) in [6.07, 6.45) is 7.04. The van der Waals surface area contributed by atoms with Gasteiger partial charge < -0.3 is 5.32 Å². The predicted octanol–water partition coefficient (Wildman–Crippen LogP) is 4.62. The molecule has 1 heteroatoms. The summed E-state index contributed by atoms with van der Waals surface area (Å²) >= 11 is 0. The lowest BCUT2D eigenvalue weighted by Crippen LogP contribution is -2.35. The first-order valence-electron chi connectivity index (χ1n) is 7.38. The molecule has 0 saturated heterocycles. The maximum Gasteiger partial charge on any atom is 0.0210 e. The summed E-state index contributed by atoms with van der Waals surface area (Å²) in [7, 11) is 0. The molecule has 1 nitrogen and oxygen atoms in total. The van der Waals surface area contributed by atoms with Crippen LogP contribution in [0, 0.1) is 0 Å². The predicted molar refractivity (Wildman–Crippen MR) is 78.9 cm³/mol. The Morgan fingerprint density at radius 2 is 1.61 bits per heavy atom. The van der Waals surface area contributed by atoms with Crippen molar-refractivity contribution in [3.63, 3.8) is 0 Å². The fraction of sp³-hybridized carbons (Fsp3) is 0.647. The van der Waals surface area contributed by atoms with Gasteiger partial charge in [0.25, 0.3) is 0 Å². The molecule has 0 bridgehead atoms. The second-order valence-electron chi connectivity index (χ2n) is 6.68. The fourth-order valence-electron chi connectivity index (χ4n) is 2.71. The molecule has 2 rings (SSSR count). The van der Waals surface area contributed by atoms with Crippen molar-refractivity contribution < 1.29 is 0 Å². The summed E-state index contributed by atoms with van der Waals surface area (Å²) in [6.45, 7) is 7.60. The zero-order valence-electron chi connectivity index (χ0n) is 12.1. The van der Waals surface area contributed by atoms with E-state index in [4.69, 9.17) is 0 Å². The fourth-order valence-corrected chi connectivity index (χ4v) is 2.71. The molecule has 100 valence electrons. The first kappa shape index (κ1) is 13.6. The first-order chi connectivity index (χ1) is 8.54. The maximum atomic E-state index is 3.54. The minimum Gasteiger partial charge on any atom is -0.308 e. The van der Waals surface area contributed by atoms with Crippen LogP contribution in [-0.4, -0.2) is 5.54 Å².